The maximum atomic E-state index is 13.2. The molecule has 0 saturated heterocycles. The highest BCUT2D eigenvalue weighted by Gasteiger charge is 2.18. The van der Waals surface area contributed by atoms with Crippen molar-refractivity contribution in [2.45, 2.75) is 20.0 Å². The molecule has 0 fully saturated rings. The minimum Gasteiger partial charge on any atom is -0.334 e. The van der Waals surface area contributed by atoms with Gasteiger partial charge in [-0.2, -0.15) is 4.37 Å². The van der Waals surface area contributed by atoms with Gasteiger partial charge in [0.25, 0.3) is 5.91 Å². The van der Waals surface area contributed by atoms with Crippen LogP contribution in [0.15, 0.2) is 36.7 Å². The first kappa shape index (κ1) is 20.3. The van der Waals surface area contributed by atoms with Crippen LogP contribution in [0.2, 0.25) is 0 Å². The third kappa shape index (κ3) is 5.51. The summed E-state index contributed by atoms with van der Waals surface area (Å²) in [5, 5.41) is 5.46. The smallest absolute Gasteiger partial charge is 0.321 e. The maximum absolute atomic E-state index is 13.2. The Morgan fingerprint density at radius 1 is 1.24 bits per heavy atom. The Morgan fingerprint density at radius 3 is 2.79 bits per heavy atom. The standard InChI is InChI=1S/C18H18FN7O2S/c1-11-15(21-7-6-20-11)16(27)26(2)10-14-23-18(29-25-14)24-17(28)22-9-12-4-3-5-13(19)8-12/h3-8H,9-10H2,1-2H3,(H2,22,23,24,25,28). The highest BCUT2D eigenvalue weighted by molar-refractivity contribution is 7.09. The van der Waals surface area contributed by atoms with Gasteiger partial charge in [0.2, 0.25) is 5.13 Å². The number of nitrogens with one attached hydrogen (secondary N) is 2. The van der Waals surface area contributed by atoms with E-state index >= 15 is 0 Å². The molecule has 3 amide bonds. The number of anilines is 1. The van der Waals surface area contributed by atoms with Gasteiger partial charge in [0.05, 0.1) is 12.2 Å². The SMILES string of the molecule is Cc1nccnc1C(=O)N(C)Cc1nsc(NC(=O)NCc2cccc(F)c2)n1. The van der Waals surface area contributed by atoms with Gasteiger partial charge in [-0.15, -0.1) is 0 Å². The summed E-state index contributed by atoms with van der Waals surface area (Å²) in [5.41, 5.74) is 1.44. The lowest BCUT2D eigenvalue weighted by molar-refractivity contribution is 0.0774. The van der Waals surface area contributed by atoms with Crippen molar-refractivity contribution in [3.05, 3.63) is 65.3 Å². The Labute approximate surface area is 170 Å². The summed E-state index contributed by atoms with van der Waals surface area (Å²) in [5.74, 6) is -0.283. The van der Waals surface area contributed by atoms with Crippen LogP contribution in [0.5, 0.6) is 0 Å². The van der Waals surface area contributed by atoms with E-state index in [1.807, 2.05) is 0 Å². The van der Waals surface area contributed by atoms with E-state index in [2.05, 4.69) is 30.0 Å². The number of hydrogen-bond donors (Lipinski definition) is 2. The van der Waals surface area contributed by atoms with E-state index in [-0.39, 0.29) is 35.6 Å². The van der Waals surface area contributed by atoms with Gasteiger partial charge in [-0.25, -0.2) is 19.2 Å². The molecule has 29 heavy (non-hydrogen) atoms. The van der Waals surface area contributed by atoms with Crippen molar-refractivity contribution in [1.29, 1.82) is 0 Å². The summed E-state index contributed by atoms with van der Waals surface area (Å²) in [4.78, 5) is 38.2. The number of carbonyl (C=O) groups is 2. The van der Waals surface area contributed by atoms with Crippen molar-refractivity contribution < 1.29 is 14.0 Å². The largest absolute Gasteiger partial charge is 0.334 e. The van der Waals surface area contributed by atoms with E-state index in [4.69, 9.17) is 0 Å². The summed E-state index contributed by atoms with van der Waals surface area (Å²) >= 11 is 0.996. The third-order valence-electron chi connectivity index (χ3n) is 3.84. The summed E-state index contributed by atoms with van der Waals surface area (Å²) < 4.78 is 17.3. The summed E-state index contributed by atoms with van der Waals surface area (Å²) in [6.07, 6.45) is 2.98. The molecular weight excluding hydrogens is 397 g/mol. The molecule has 2 N–H and O–H groups in total. The Morgan fingerprint density at radius 2 is 2.03 bits per heavy atom. The zero-order valence-corrected chi connectivity index (χ0v) is 16.5. The van der Waals surface area contributed by atoms with E-state index < -0.39 is 6.03 Å². The summed E-state index contributed by atoms with van der Waals surface area (Å²) in [6, 6.07) is 5.46. The molecule has 150 valence electrons. The van der Waals surface area contributed by atoms with E-state index in [1.54, 1.807) is 26.1 Å². The van der Waals surface area contributed by atoms with Crippen LogP contribution in [0.4, 0.5) is 14.3 Å². The second-order valence-corrected chi connectivity index (χ2v) is 6.86. The Hall–Kier alpha value is -3.47. The summed E-state index contributed by atoms with van der Waals surface area (Å²) in [6.45, 7) is 2.03. The topological polar surface area (TPSA) is 113 Å². The lowest BCUT2D eigenvalue weighted by Gasteiger charge is -2.15. The molecule has 0 saturated carbocycles. The van der Waals surface area contributed by atoms with Crippen molar-refractivity contribution in [2.75, 3.05) is 12.4 Å². The van der Waals surface area contributed by atoms with Gasteiger partial charge in [-0.3, -0.25) is 15.1 Å². The van der Waals surface area contributed by atoms with Crippen LogP contribution in [0.1, 0.15) is 27.6 Å². The molecule has 0 bridgehead atoms. The molecule has 3 rings (SSSR count). The first-order chi connectivity index (χ1) is 13.9. The van der Waals surface area contributed by atoms with Gasteiger partial charge >= 0.3 is 6.03 Å². The molecule has 0 unspecified atom stereocenters. The van der Waals surface area contributed by atoms with Gasteiger partial charge in [0, 0.05) is 37.5 Å². The van der Waals surface area contributed by atoms with E-state index in [1.165, 1.54) is 29.4 Å². The van der Waals surface area contributed by atoms with Crippen LogP contribution in [0.3, 0.4) is 0 Å². The number of nitrogens with zero attached hydrogens (tertiary/aromatic N) is 5. The van der Waals surface area contributed by atoms with Gasteiger partial charge in [-0.05, 0) is 24.6 Å². The Kier molecular flexibility index (Phi) is 6.39. The molecular formula is C18H18FN7O2S. The molecule has 0 spiro atoms. The molecule has 1 aromatic carbocycles. The highest BCUT2D eigenvalue weighted by atomic mass is 32.1. The average molecular weight is 415 g/mol. The number of halogens is 1. The molecule has 0 atom stereocenters. The van der Waals surface area contributed by atoms with Gasteiger partial charge in [0.1, 0.15) is 11.5 Å². The molecule has 0 aliphatic heterocycles. The third-order valence-corrected chi connectivity index (χ3v) is 4.51. The van der Waals surface area contributed by atoms with Crippen molar-refractivity contribution in [3.63, 3.8) is 0 Å². The lowest BCUT2D eigenvalue weighted by atomic mass is 10.2. The van der Waals surface area contributed by atoms with Gasteiger partial charge in [0.15, 0.2) is 5.82 Å². The minimum absolute atomic E-state index is 0.151. The molecule has 2 aromatic heterocycles. The quantitative estimate of drug-likeness (QED) is 0.639. The first-order valence-corrected chi connectivity index (χ1v) is 9.34. The zero-order chi connectivity index (χ0) is 20.8. The molecule has 2 heterocycles. The number of hydrogen-bond acceptors (Lipinski definition) is 7. The van der Waals surface area contributed by atoms with E-state index in [9.17, 15) is 14.0 Å². The number of aryl methyl sites for hydroxylation is 1. The zero-order valence-electron chi connectivity index (χ0n) is 15.7. The minimum atomic E-state index is -0.489. The first-order valence-electron chi connectivity index (χ1n) is 8.57. The molecule has 0 radical (unpaired) electrons. The van der Waals surface area contributed by atoms with Crippen LogP contribution in [0, 0.1) is 12.7 Å². The normalized spacial score (nSPS) is 10.4. The molecule has 0 aliphatic carbocycles. The average Bonchev–Trinajstić information content (AvgIpc) is 3.13. The molecule has 3 aromatic rings. The highest BCUT2D eigenvalue weighted by Crippen LogP contribution is 2.13. The predicted octanol–water partition coefficient (Wildman–Crippen LogP) is 2.37. The predicted molar refractivity (Wildman–Crippen MR) is 105 cm³/mol. The Balaban J connectivity index is 1.53. The number of rotatable bonds is 6. The van der Waals surface area contributed by atoms with Crippen molar-refractivity contribution in [1.82, 2.24) is 29.5 Å². The van der Waals surface area contributed by atoms with Crippen LogP contribution < -0.4 is 10.6 Å². The van der Waals surface area contributed by atoms with Crippen LogP contribution in [-0.4, -0.2) is 43.2 Å². The number of benzene rings is 1. The fraction of sp³-hybridized carbons (Fsp3) is 0.222. The summed E-state index contributed by atoms with van der Waals surface area (Å²) in [7, 11) is 1.61. The number of carbonyl (C=O) groups excluding carboxylic acids is 2. The number of urea groups is 1. The number of aromatic nitrogens is 4. The van der Waals surface area contributed by atoms with E-state index in [0.29, 0.717) is 17.1 Å². The van der Waals surface area contributed by atoms with Crippen molar-refractivity contribution in [2.24, 2.45) is 0 Å². The number of amides is 3. The monoisotopic (exact) mass is 415 g/mol. The van der Waals surface area contributed by atoms with E-state index in [0.717, 1.165) is 11.5 Å². The molecule has 9 nitrogen and oxygen atoms in total. The van der Waals surface area contributed by atoms with Crippen molar-refractivity contribution in [3.8, 4) is 0 Å². The molecule has 0 aliphatic rings. The Bertz CT molecular complexity index is 1030. The molecule has 11 heteroatoms. The lowest BCUT2D eigenvalue weighted by Crippen LogP contribution is -2.29. The second kappa shape index (κ2) is 9.15. The fourth-order valence-electron chi connectivity index (χ4n) is 2.42. The van der Waals surface area contributed by atoms with Crippen LogP contribution in [-0.2, 0) is 13.1 Å². The van der Waals surface area contributed by atoms with Crippen LogP contribution >= 0.6 is 11.5 Å². The van der Waals surface area contributed by atoms with Gasteiger partial charge in [-0.1, -0.05) is 12.1 Å². The fourth-order valence-corrected chi connectivity index (χ4v) is 3.00. The van der Waals surface area contributed by atoms with Crippen molar-refractivity contribution >= 4 is 28.6 Å². The van der Waals surface area contributed by atoms with Gasteiger partial charge < -0.3 is 10.2 Å². The second-order valence-electron chi connectivity index (χ2n) is 6.10. The van der Waals surface area contributed by atoms with Crippen LogP contribution in [0.25, 0.3) is 0 Å². The maximum Gasteiger partial charge on any atom is 0.321 e.